The molecule has 338 valence electrons. The summed E-state index contributed by atoms with van der Waals surface area (Å²) in [6.45, 7) is 10.2. The van der Waals surface area contributed by atoms with Crippen LogP contribution in [0.15, 0.2) is 75.7 Å². The summed E-state index contributed by atoms with van der Waals surface area (Å²) in [5.41, 5.74) is 4.70. The number of carbonyl (C=O) groups excluding carboxylic acids is 1. The Morgan fingerprint density at radius 1 is 0.938 bits per heavy atom. The van der Waals surface area contributed by atoms with Crippen LogP contribution in [0.25, 0.3) is 22.3 Å². The molecule has 5 aromatic rings. The van der Waals surface area contributed by atoms with Crippen molar-refractivity contribution in [2.75, 3.05) is 19.9 Å². The zero-order valence-corrected chi connectivity index (χ0v) is 39.2. The summed E-state index contributed by atoms with van der Waals surface area (Å²) in [5, 5.41) is 27.9. The third-order valence-electron chi connectivity index (χ3n) is 11.3. The predicted octanol–water partition coefficient (Wildman–Crippen LogP) is 5.54. The normalized spacial score (nSPS) is 21.5. The van der Waals surface area contributed by atoms with Crippen molar-refractivity contribution in [3.63, 3.8) is 0 Å². The number of H-pyrrole nitrogens is 2. The van der Waals surface area contributed by atoms with Crippen molar-refractivity contribution in [3.8, 4) is 11.5 Å². The van der Waals surface area contributed by atoms with Gasteiger partial charge in [-0.3, -0.25) is 18.7 Å². The van der Waals surface area contributed by atoms with E-state index in [1.54, 1.807) is 21.5 Å². The van der Waals surface area contributed by atoms with Gasteiger partial charge >= 0.3 is 30.5 Å². The van der Waals surface area contributed by atoms with Crippen LogP contribution in [0.5, 0.6) is 11.5 Å². The van der Waals surface area contributed by atoms with Crippen LogP contribution in [0.3, 0.4) is 0 Å². The van der Waals surface area contributed by atoms with Crippen LogP contribution in [0.2, 0.25) is 0 Å². The summed E-state index contributed by atoms with van der Waals surface area (Å²) < 4.78 is 26.5. The fourth-order valence-corrected chi connectivity index (χ4v) is 8.18. The van der Waals surface area contributed by atoms with E-state index in [9.17, 15) is 19.5 Å². The fourth-order valence-electron chi connectivity index (χ4n) is 8.18. The number of nitrogens with zero attached hydrogens (tertiary/aromatic N) is 7. The molecule has 6 atom stereocenters. The number of phenols is 1. The van der Waals surface area contributed by atoms with Crippen molar-refractivity contribution in [1.82, 2.24) is 39.0 Å². The summed E-state index contributed by atoms with van der Waals surface area (Å²) >= 11 is 0. The van der Waals surface area contributed by atoms with E-state index in [1.807, 2.05) is 13.0 Å². The molecule has 6 heterocycles. The minimum atomic E-state index is -0.849. The molecular formula is C43H55BN9O10Y. The summed E-state index contributed by atoms with van der Waals surface area (Å²) in [6, 6.07) is 3.66. The minimum Gasteiger partial charge on any atom is 0 e. The number of carbonyl (C=O) groups is 1. The molecular weight excluding hydrogens is 902 g/mol. The number of aromatic amines is 2. The van der Waals surface area contributed by atoms with Crippen molar-refractivity contribution < 1.29 is 71.8 Å². The van der Waals surface area contributed by atoms with E-state index in [-0.39, 0.29) is 112 Å². The van der Waals surface area contributed by atoms with Gasteiger partial charge in [0.25, 0.3) is 11.1 Å². The first-order valence-corrected chi connectivity index (χ1v) is 21.2. The first kappa shape index (κ1) is 50.3. The number of allylic oxidation sites excluding steroid dienone is 3. The van der Waals surface area contributed by atoms with E-state index in [0.29, 0.717) is 41.0 Å². The summed E-state index contributed by atoms with van der Waals surface area (Å²) in [6.07, 6.45) is 14.7. The van der Waals surface area contributed by atoms with Gasteiger partial charge in [0, 0.05) is 44.2 Å². The van der Waals surface area contributed by atoms with E-state index < -0.39 is 6.16 Å². The monoisotopic (exact) mass is 957 g/mol. The summed E-state index contributed by atoms with van der Waals surface area (Å²) in [5.74, 6) is 0.404. The number of imidazole rings is 2. The van der Waals surface area contributed by atoms with Crippen LogP contribution in [0.1, 0.15) is 108 Å². The van der Waals surface area contributed by atoms with Crippen LogP contribution in [0.4, 0.5) is 4.79 Å². The Labute approximate surface area is 395 Å². The van der Waals surface area contributed by atoms with Gasteiger partial charge in [-0.1, -0.05) is 43.6 Å². The molecule has 2 radical (unpaired) electrons. The number of unbranched alkanes of at least 4 members (excludes halogenated alkanes) is 2. The second-order valence-electron chi connectivity index (χ2n) is 15.9. The van der Waals surface area contributed by atoms with Crippen molar-refractivity contribution in [3.05, 3.63) is 93.1 Å². The topological polar surface area (TPSA) is 254 Å². The predicted molar refractivity (Wildman–Crippen MR) is 232 cm³/mol. The number of aliphatic hydroxyl groups is 2. The number of nitrogens with one attached hydrogen (secondary N) is 2. The molecule has 64 heavy (non-hydrogen) atoms. The molecule has 2 aliphatic heterocycles. The van der Waals surface area contributed by atoms with Crippen molar-refractivity contribution in [2.24, 2.45) is 10.8 Å². The summed E-state index contributed by atoms with van der Waals surface area (Å²) in [7, 11) is 4.40. The molecule has 1 aromatic carbocycles. The van der Waals surface area contributed by atoms with Gasteiger partial charge in [-0.05, 0) is 88.8 Å². The van der Waals surface area contributed by atoms with Gasteiger partial charge in [-0.2, -0.15) is 0 Å². The average Bonchev–Trinajstić information content (AvgIpc) is 4.10. The number of hydrogen-bond donors (Lipinski definition) is 5. The van der Waals surface area contributed by atoms with Crippen molar-refractivity contribution >= 4 is 36.1 Å². The maximum absolute atomic E-state index is 13.0. The molecule has 8 rings (SSSR count). The van der Waals surface area contributed by atoms with E-state index >= 15 is 0 Å². The van der Waals surface area contributed by atoms with Crippen molar-refractivity contribution in [1.29, 1.82) is 0 Å². The van der Waals surface area contributed by atoms with Crippen LogP contribution in [0, 0.1) is 5.92 Å². The number of rotatable bonds is 13. The first-order valence-electron chi connectivity index (χ1n) is 21.2. The standard InChI is InChI=1S/C32H40N4O6.C10H12N4O3.CH3BNO.Y/c1-5-6-7-8-21-14-25(37)28(24-13-20(4)9-11-23(24)19(2)3)26(15-21)42-32(39)40-16-22-10-12-27(41-22)36-18-35-29-30(36)33-17-34-31(29)38;15-3-6-1-2-7(17-6)14-5-13-8-9(14)11-4-12-10(8)16;2-3-1-4;/h13-15,17-18,22-24,27,37H,2,5-12,16H2,1,3-4H3,(H,33,34,38);4-7,15H,1-3H2,(H,11,12,16);4H,1H2;/t22-,23?,24?,27+;6-,7+;;/m00../s1. The first-order chi connectivity index (χ1) is 30.5. The molecule has 2 fully saturated rings. The number of aromatic hydroxyl groups is 1. The molecule has 2 unspecified atom stereocenters. The Hall–Kier alpha value is -4.72. The molecule has 0 bridgehead atoms. The molecule has 0 spiro atoms. The fraction of sp³-hybridized carbons (Fsp3) is 0.512. The Bertz CT molecular complexity index is 2520. The zero-order chi connectivity index (χ0) is 45.0. The Kier molecular flexibility index (Phi) is 18.8. The Morgan fingerprint density at radius 3 is 2.08 bits per heavy atom. The number of benzene rings is 1. The Balaban J connectivity index is 0.000000288. The third-order valence-corrected chi connectivity index (χ3v) is 11.3. The third kappa shape index (κ3) is 12.3. The van der Waals surface area contributed by atoms with Gasteiger partial charge < -0.3 is 39.1 Å². The zero-order valence-electron chi connectivity index (χ0n) is 36.4. The SMILES string of the molecule is C=C(C)C1CCC(C)=CC1c1c(O)cc(CCCCC)cc1OC(=O)OC[C@@H]1CC[C@H](n2cnc3c(=O)[nH]cnc32)O1.O=c1[nH]cnc2c1ncn2[C@H]1CC[C@@H](CO)O1.[B]=NCO.[Y]. The molecule has 2 saturated heterocycles. The van der Waals surface area contributed by atoms with Gasteiger partial charge in [-0.15, -0.1) is 0 Å². The van der Waals surface area contributed by atoms with Gasteiger partial charge in [0.05, 0.1) is 44.1 Å². The summed E-state index contributed by atoms with van der Waals surface area (Å²) in [4.78, 5) is 60.8. The van der Waals surface area contributed by atoms with Gasteiger partial charge in [-0.25, -0.2) is 24.7 Å². The largest absolute Gasteiger partial charge is 0 e. The molecule has 5 N–H and O–H groups in total. The maximum Gasteiger partial charge on any atom is 0 e. The number of phenolic OH excluding ortho intramolecular Hbond substituents is 1. The second kappa shape index (κ2) is 24.0. The maximum atomic E-state index is 13.0. The Morgan fingerprint density at radius 2 is 1.53 bits per heavy atom. The van der Waals surface area contributed by atoms with Gasteiger partial charge in [0.1, 0.15) is 30.6 Å². The van der Waals surface area contributed by atoms with E-state index in [0.717, 1.165) is 62.5 Å². The quantitative estimate of drug-likeness (QED) is 0.0319. The molecule has 3 aliphatic rings. The number of ether oxygens (including phenoxy) is 4. The van der Waals surface area contributed by atoms with E-state index in [2.05, 4.69) is 68.9 Å². The number of aliphatic hydroxyl groups excluding tert-OH is 2. The van der Waals surface area contributed by atoms with Crippen LogP contribution >= 0.6 is 0 Å². The second-order valence-corrected chi connectivity index (χ2v) is 15.9. The van der Waals surface area contributed by atoms with Gasteiger partial charge in [0.15, 0.2) is 22.3 Å². The molecule has 4 aromatic heterocycles. The van der Waals surface area contributed by atoms with Crippen LogP contribution in [-0.2, 0) is 53.3 Å². The number of aromatic nitrogens is 8. The van der Waals surface area contributed by atoms with Crippen LogP contribution in [-0.4, -0.2) is 100 Å². The molecule has 0 saturated carbocycles. The average molecular weight is 958 g/mol. The molecule has 19 nitrogen and oxygen atoms in total. The molecule has 0 amide bonds. The van der Waals surface area contributed by atoms with Crippen LogP contribution < -0.4 is 15.9 Å². The number of fused-ring (bicyclic) bond motifs is 2. The van der Waals surface area contributed by atoms with Crippen molar-refractivity contribution in [2.45, 2.75) is 116 Å². The van der Waals surface area contributed by atoms with Gasteiger partial charge in [0.2, 0.25) is 0 Å². The molecule has 21 heteroatoms. The number of hydrogen-bond acceptors (Lipinski definition) is 15. The van der Waals surface area contributed by atoms with E-state index in [1.165, 1.54) is 24.6 Å². The number of aryl methyl sites for hydroxylation is 1. The van der Waals surface area contributed by atoms with E-state index in [4.69, 9.17) is 29.2 Å². The molecule has 1 aliphatic carbocycles. The smallest absolute Gasteiger partial charge is 0 e. The minimum absolute atomic E-state index is 0.